The minimum Gasteiger partial charge on any atom is -0.341 e. The Labute approximate surface area is 98.8 Å². The molecule has 0 N–H and O–H groups in total. The summed E-state index contributed by atoms with van der Waals surface area (Å²) < 4.78 is 0. The van der Waals surface area contributed by atoms with Crippen molar-refractivity contribution in [2.45, 2.75) is 32.1 Å². The molecule has 16 heavy (non-hydrogen) atoms. The van der Waals surface area contributed by atoms with Crippen LogP contribution in [0.1, 0.15) is 32.1 Å². The molecule has 1 aliphatic carbocycles. The molecule has 3 heteroatoms. The highest BCUT2D eigenvalue weighted by atomic mass is 16.2. The Morgan fingerprint density at radius 2 is 1.88 bits per heavy atom. The molecule has 91 valence electrons. The second kappa shape index (κ2) is 5.67. The Morgan fingerprint density at radius 1 is 1.12 bits per heavy atom. The van der Waals surface area contributed by atoms with Crippen LogP contribution < -0.4 is 0 Å². The van der Waals surface area contributed by atoms with Crippen LogP contribution in [0.4, 0.5) is 0 Å². The van der Waals surface area contributed by atoms with Crippen molar-refractivity contribution in [3.05, 3.63) is 6.42 Å². The fraction of sp³-hybridized carbons (Fsp3) is 0.846. The molecule has 2 aliphatic rings. The lowest BCUT2D eigenvalue weighted by molar-refractivity contribution is -0.136. The predicted octanol–water partition coefficient (Wildman–Crippen LogP) is 1.54. The first-order chi connectivity index (χ1) is 7.77. The van der Waals surface area contributed by atoms with Crippen LogP contribution >= 0.6 is 0 Å². The van der Waals surface area contributed by atoms with Crippen molar-refractivity contribution < 1.29 is 4.79 Å². The van der Waals surface area contributed by atoms with Crippen LogP contribution in [0, 0.1) is 12.3 Å². The van der Waals surface area contributed by atoms with Crippen molar-refractivity contribution in [1.82, 2.24) is 9.80 Å². The Morgan fingerprint density at radius 3 is 2.62 bits per heavy atom. The van der Waals surface area contributed by atoms with E-state index in [0.717, 1.165) is 58.3 Å². The van der Waals surface area contributed by atoms with Gasteiger partial charge in [0.25, 0.3) is 0 Å². The van der Waals surface area contributed by atoms with Gasteiger partial charge in [-0.1, -0.05) is 0 Å². The van der Waals surface area contributed by atoms with E-state index in [2.05, 4.69) is 23.3 Å². The molecule has 1 aliphatic heterocycles. The highest BCUT2D eigenvalue weighted by Gasteiger charge is 2.26. The summed E-state index contributed by atoms with van der Waals surface area (Å²) in [5.41, 5.74) is 0. The van der Waals surface area contributed by atoms with E-state index >= 15 is 0 Å². The quantitative estimate of drug-likeness (QED) is 0.673. The zero-order valence-corrected chi connectivity index (χ0v) is 10.3. The van der Waals surface area contributed by atoms with E-state index in [4.69, 9.17) is 0 Å². The van der Waals surface area contributed by atoms with Crippen LogP contribution in [0.25, 0.3) is 0 Å². The summed E-state index contributed by atoms with van der Waals surface area (Å²) in [5.74, 6) is 0.733. The van der Waals surface area contributed by atoms with Gasteiger partial charge in [-0.15, -0.1) is 0 Å². The number of hydrogen-bond acceptors (Lipinski definition) is 2. The standard InChI is InChI=1S/C13H23N2O/c1-14-8-5-9-15(11-10-14)13(16)12-6-3-2-4-7-12/h2,12H,3-11H2,1H3. The third-order valence-electron chi connectivity index (χ3n) is 3.82. The Kier molecular flexibility index (Phi) is 4.22. The van der Waals surface area contributed by atoms with Gasteiger partial charge in [0.1, 0.15) is 0 Å². The van der Waals surface area contributed by atoms with Gasteiger partial charge in [-0.2, -0.15) is 0 Å². The number of rotatable bonds is 1. The highest BCUT2D eigenvalue weighted by Crippen LogP contribution is 2.25. The van der Waals surface area contributed by atoms with Gasteiger partial charge in [0, 0.05) is 25.6 Å². The summed E-state index contributed by atoms with van der Waals surface area (Å²) in [7, 11) is 2.14. The van der Waals surface area contributed by atoms with E-state index in [0.29, 0.717) is 11.8 Å². The summed E-state index contributed by atoms with van der Waals surface area (Å²) >= 11 is 0. The molecule has 1 radical (unpaired) electrons. The van der Waals surface area contributed by atoms with Crippen LogP contribution in [0.5, 0.6) is 0 Å². The number of carbonyl (C=O) groups excluding carboxylic acids is 1. The summed E-state index contributed by atoms with van der Waals surface area (Å²) in [6.45, 7) is 4.05. The average Bonchev–Trinajstić information content (AvgIpc) is 2.54. The summed E-state index contributed by atoms with van der Waals surface area (Å²) in [6, 6.07) is 0. The van der Waals surface area contributed by atoms with E-state index in [1.807, 2.05) is 0 Å². The zero-order chi connectivity index (χ0) is 11.4. The van der Waals surface area contributed by atoms with Crippen molar-refractivity contribution in [2.75, 3.05) is 33.2 Å². The first-order valence-corrected chi connectivity index (χ1v) is 6.56. The van der Waals surface area contributed by atoms with Gasteiger partial charge >= 0.3 is 0 Å². The van der Waals surface area contributed by atoms with Gasteiger partial charge in [-0.05, 0) is 52.1 Å². The molecule has 2 fully saturated rings. The highest BCUT2D eigenvalue weighted by molar-refractivity contribution is 5.79. The molecule has 0 atom stereocenters. The van der Waals surface area contributed by atoms with Gasteiger partial charge in [0.15, 0.2) is 0 Å². The Hall–Kier alpha value is -0.570. The summed E-state index contributed by atoms with van der Waals surface area (Å²) in [4.78, 5) is 16.7. The Balaban J connectivity index is 1.87. The molecule has 0 unspecified atom stereocenters. The molecule has 1 amide bonds. The minimum absolute atomic E-state index is 0.313. The van der Waals surface area contributed by atoms with Crippen molar-refractivity contribution in [1.29, 1.82) is 0 Å². The predicted molar refractivity (Wildman–Crippen MR) is 65.0 cm³/mol. The molecule has 0 bridgehead atoms. The molecule has 3 nitrogen and oxygen atoms in total. The monoisotopic (exact) mass is 223 g/mol. The largest absolute Gasteiger partial charge is 0.341 e. The van der Waals surface area contributed by atoms with Gasteiger partial charge < -0.3 is 9.80 Å². The molecule has 0 aromatic carbocycles. The van der Waals surface area contributed by atoms with Crippen molar-refractivity contribution in [3.8, 4) is 0 Å². The molecule has 1 saturated carbocycles. The summed E-state index contributed by atoms with van der Waals surface area (Å²) in [6.07, 6.45) is 7.85. The molecule has 0 spiro atoms. The van der Waals surface area contributed by atoms with Gasteiger partial charge in [-0.3, -0.25) is 4.79 Å². The van der Waals surface area contributed by atoms with Crippen molar-refractivity contribution in [2.24, 2.45) is 5.92 Å². The molecular formula is C13H23N2O. The number of carbonyl (C=O) groups is 1. The fourth-order valence-electron chi connectivity index (χ4n) is 2.70. The maximum atomic E-state index is 12.3. The van der Waals surface area contributed by atoms with Crippen molar-refractivity contribution in [3.63, 3.8) is 0 Å². The second-order valence-corrected chi connectivity index (χ2v) is 5.12. The SMILES string of the molecule is CN1CCCN(C(=O)C2CC[CH]CC2)CC1. The first-order valence-electron chi connectivity index (χ1n) is 6.56. The number of amides is 1. The minimum atomic E-state index is 0.313. The van der Waals surface area contributed by atoms with Crippen LogP contribution in [-0.2, 0) is 4.79 Å². The number of hydrogen-bond donors (Lipinski definition) is 0. The lowest BCUT2D eigenvalue weighted by Gasteiger charge is -2.28. The molecule has 0 aromatic rings. The van der Waals surface area contributed by atoms with Crippen LogP contribution in [0.2, 0.25) is 0 Å². The molecule has 1 heterocycles. The number of nitrogens with zero attached hydrogens (tertiary/aromatic N) is 2. The molecule has 2 rings (SSSR count). The van der Waals surface area contributed by atoms with Crippen LogP contribution in [-0.4, -0.2) is 48.9 Å². The van der Waals surface area contributed by atoms with Gasteiger partial charge in [-0.25, -0.2) is 0 Å². The van der Waals surface area contributed by atoms with Gasteiger partial charge in [0.2, 0.25) is 5.91 Å². The summed E-state index contributed by atoms with van der Waals surface area (Å²) in [5, 5.41) is 0. The van der Waals surface area contributed by atoms with Crippen LogP contribution in [0.15, 0.2) is 0 Å². The maximum absolute atomic E-state index is 12.3. The van der Waals surface area contributed by atoms with E-state index in [1.165, 1.54) is 0 Å². The molecular weight excluding hydrogens is 200 g/mol. The topological polar surface area (TPSA) is 23.6 Å². The van der Waals surface area contributed by atoms with E-state index in [-0.39, 0.29) is 0 Å². The molecule has 1 saturated heterocycles. The maximum Gasteiger partial charge on any atom is 0.225 e. The Bertz CT molecular complexity index is 236. The number of likely N-dealkylation sites (N-methyl/N-ethyl adjacent to an activating group) is 1. The lowest BCUT2D eigenvalue weighted by Crippen LogP contribution is -2.39. The zero-order valence-electron chi connectivity index (χ0n) is 10.3. The van der Waals surface area contributed by atoms with E-state index in [9.17, 15) is 4.79 Å². The average molecular weight is 223 g/mol. The first kappa shape index (κ1) is 11.9. The van der Waals surface area contributed by atoms with Crippen LogP contribution in [0.3, 0.4) is 0 Å². The second-order valence-electron chi connectivity index (χ2n) is 5.12. The van der Waals surface area contributed by atoms with E-state index < -0.39 is 0 Å². The normalized spacial score (nSPS) is 25.4. The lowest BCUT2D eigenvalue weighted by atomic mass is 9.88. The third-order valence-corrected chi connectivity index (χ3v) is 3.82. The van der Waals surface area contributed by atoms with Gasteiger partial charge in [0.05, 0.1) is 0 Å². The molecule has 0 aromatic heterocycles. The van der Waals surface area contributed by atoms with E-state index in [1.54, 1.807) is 0 Å². The smallest absolute Gasteiger partial charge is 0.225 e. The third kappa shape index (κ3) is 2.97. The fourth-order valence-corrected chi connectivity index (χ4v) is 2.70. The van der Waals surface area contributed by atoms with Crippen molar-refractivity contribution >= 4 is 5.91 Å².